The summed E-state index contributed by atoms with van der Waals surface area (Å²) in [6.07, 6.45) is 6.55. The van der Waals surface area contributed by atoms with E-state index in [1.807, 2.05) is 6.92 Å². The molecule has 28 heavy (non-hydrogen) atoms. The Morgan fingerprint density at radius 2 is 1.93 bits per heavy atom. The Balaban J connectivity index is 1.64. The molecule has 4 rings (SSSR count). The molecule has 2 aliphatic carbocycles. The molecular formula is C22H28N2O4. The first-order chi connectivity index (χ1) is 13.4. The summed E-state index contributed by atoms with van der Waals surface area (Å²) in [7, 11) is 0. The number of hydrogen-bond donors (Lipinski definition) is 1. The van der Waals surface area contributed by atoms with E-state index in [0.29, 0.717) is 17.9 Å². The summed E-state index contributed by atoms with van der Waals surface area (Å²) in [5, 5.41) is 0. The van der Waals surface area contributed by atoms with Crippen molar-refractivity contribution in [3.05, 3.63) is 56.9 Å². The summed E-state index contributed by atoms with van der Waals surface area (Å²) < 4.78 is 7.35. The predicted molar refractivity (Wildman–Crippen MR) is 106 cm³/mol. The number of nitrogens with zero attached hydrogens (tertiary/aromatic N) is 1. The van der Waals surface area contributed by atoms with Crippen LogP contribution in [0.2, 0.25) is 0 Å². The molecule has 6 heteroatoms. The highest BCUT2D eigenvalue weighted by Gasteiger charge is 2.53. The molecule has 0 spiro atoms. The monoisotopic (exact) mass is 384 g/mol. The normalized spacial score (nSPS) is 32.0. The number of esters is 1. The van der Waals surface area contributed by atoms with Gasteiger partial charge in [0.2, 0.25) is 0 Å². The molecule has 1 aliphatic heterocycles. The van der Waals surface area contributed by atoms with E-state index in [0.717, 1.165) is 37.7 Å². The summed E-state index contributed by atoms with van der Waals surface area (Å²) in [6.45, 7) is 10.7. The average molecular weight is 384 g/mol. The number of H-pyrrole nitrogens is 1. The fourth-order valence-electron chi connectivity index (χ4n) is 5.41. The molecule has 6 nitrogen and oxygen atoms in total. The minimum absolute atomic E-state index is 0.0440. The van der Waals surface area contributed by atoms with Gasteiger partial charge in [0.1, 0.15) is 6.10 Å². The number of carbonyl (C=O) groups excluding carboxylic acids is 1. The molecule has 1 N–H and O–H groups in total. The summed E-state index contributed by atoms with van der Waals surface area (Å²) in [6, 6.07) is 0. The van der Waals surface area contributed by atoms with Crippen molar-refractivity contribution in [2.75, 3.05) is 0 Å². The lowest BCUT2D eigenvalue weighted by Gasteiger charge is -2.27. The number of allylic oxidation sites excluding steroid dienone is 1. The first-order valence-corrected chi connectivity index (χ1v) is 10.3. The van der Waals surface area contributed by atoms with Crippen LogP contribution >= 0.6 is 0 Å². The van der Waals surface area contributed by atoms with E-state index in [1.54, 1.807) is 6.20 Å². The summed E-state index contributed by atoms with van der Waals surface area (Å²) in [5.41, 5.74) is 2.15. The number of carbonyl (C=O) groups is 1. The van der Waals surface area contributed by atoms with E-state index in [4.69, 9.17) is 4.74 Å². The summed E-state index contributed by atoms with van der Waals surface area (Å²) in [4.78, 5) is 39.5. The van der Waals surface area contributed by atoms with Crippen molar-refractivity contribution < 1.29 is 9.53 Å². The van der Waals surface area contributed by atoms with Gasteiger partial charge >= 0.3 is 11.7 Å². The van der Waals surface area contributed by atoms with Crippen LogP contribution in [-0.2, 0) is 22.5 Å². The Labute approximate surface area is 164 Å². The third-order valence-corrected chi connectivity index (χ3v) is 6.85. The Hall–Kier alpha value is -2.37. The van der Waals surface area contributed by atoms with Gasteiger partial charge in [-0.05, 0) is 38.0 Å². The van der Waals surface area contributed by atoms with Crippen LogP contribution in [0.1, 0.15) is 44.6 Å². The number of fused-ring (bicyclic) bond motifs is 3. The molecule has 0 radical (unpaired) electrons. The first-order valence-electron chi connectivity index (χ1n) is 10.3. The lowest BCUT2D eigenvalue weighted by atomic mass is 9.79. The number of ether oxygens (including phenoxy) is 1. The largest absolute Gasteiger partial charge is 0.461 e. The van der Waals surface area contributed by atoms with E-state index in [9.17, 15) is 14.4 Å². The van der Waals surface area contributed by atoms with Gasteiger partial charge < -0.3 is 4.74 Å². The van der Waals surface area contributed by atoms with Crippen molar-refractivity contribution in [1.29, 1.82) is 0 Å². The number of nitrogens with one attached hydrogen (secondary N) is 1. The van der Waals surface area contributed by atoms with Crippen LogP contribution in [0.25, 0.3) is 0 Å². The van der Waals surface area contributed by atoms with E-state index in [-0.39, 0.29) is 41.9 Å². The van der Waals surface area contributed by atoms with Gasteiger partial charge in [-0.15, -0.1) is 0 Å². The summed E-state index contributed by atoms with van der Waals surface area (Å²) >= 11 is 0. The molecular weight excluding hydrogens is 356 g/mol. The molecule has 0 aromatic carbocycles. The zero-order valence-corrected chi connectivity index (χ0v) is 16.4. The van der Waals surface area contributed by atoms with Gasteiger partial charge in [0, 0.05) is 30.1 Å². The maximum atomic E-state index is 12.8. The molecule has 150 valence electrons. The van der Waals surface area contributed by atoms with Gasteiger partial charge in [0.15, 0.2) is 0 Å². The maximum Gasteiger partial charge on any atom is 0.328 e. The number of hydrogen-bond acceptors (Lipinski definition) is 4. The van der Waals surface area contributed by atoms with Gasteiger partial charge in [-0.25, -0.2) is 4.79 Å². The van der Waals surface area contributed by atoms with Crippen molar-refractivity contribution in [2.45, 2.75) is 58.1 Å². The van der Waals surface area contributed by atoms with Crippen LogP contribution in [0.4, 0.5) is 0 Å². The highest BCUT2D eigenvalue weighted by Crippen LogP contribution is 2.52. The number of rotatable bonds is 4. The standard InChI is InChI=1S/C22H28N2O4/c1-4-5-14-10-24(22(27)23-20(14)25)11-17-16-9-6-12(2)15-8-7-13(3)18(15)19(16)28-21(17)26/h10,15-19H,2-9,11H2,1H3,(H,23,25,27)/t15?,16-,17-,18-,19-/m0/s1. The quantitative estimate of drug-likeness (QED) is 0.639. The van der Waals surface area contributed by atoms with Crippen LogP contribution < -0.4 is 11.2 Å². The van der Waals surface area contributed by atoms with Crippen LogP contribution in [0.5, 0.6) is 0 Å². The van der Waals surface area contributed by atoms with Crippen LogP contribution in [0.3, 0.4) is 0 Å². The van der Waals surface area contributed by atoms with Gasteiger partial charge in [0.25, 0.3) is 5.56 Å². The second-order valence-electron chi connectivity index (χ2n) is 8.51. The molecule has 1 unspecified atom stereocenters. The smallest absolute Gasteiger partial charge is 0.328 e. The van der Waals surface area contributed by atoms with Crippen LogP contribution in [-0.4, -0.2) is 21.6 Å². The van der Waals surface area contributed by atoms with Gasteiger partial charge in [-0.1, -0.05) is 37.6 Å². The second-order valence-corrected chi connectivity index (χ2v) is 8.51. The molecule has 0 amide bonds. The maximum absolute atomic E-state index is 12.8. The number of aryl methyl sites for hydroxylation is 1. The highest BCUT2D eigenvalue weighted by atomic mass is 16.6. The van der Waals surface area contributed by atoms with Crippen molar-refractivity contribution >= 4 is 5.97 Å². The molecule has 1 saturated heterocycles. The van der Waals surface area contributed by atoms with Crippen LogP contribution in [0.15, 0.2) is 40.1 Å². The SMILES string of the molecule is C=C1CC[C@@H]2[C@H](OC(=O)[C@H]2Cn2cc(CCC)c(=O)[nH]c2=O)[C@H]2C(=C)CCC12. The van der Waals surface area contributed by atoms with Crippen molar-refractivity contribution in [1.82, 2.24) is 9.55 Å². The molecule has 0 bridgehead atoms. The first kappa shape index (κ1) is 19.0. The molecule has 2 heterocycles. The van der Waals surface area contributed by atoms with Crippen molar-refractivity contribution in [2.24, 2.45) is 23.7 Å². The fraction of sp³-hybridized carbons (Fsp3) is 0.591. The Morgan fingerprint density at radius 1 is 1.18 bits per heavy atom. The zero-order chi connectivity index (χ0) is 20.0. The molecule has 1 aromatic heterocycles. The van der Waals surface area contributed by atoms with E-state index in [2.05, 4.69) is 18.1 Å². The molecule has 1 aromatic rings. The fourth-order valence-corrected chi connectivity index (χ4v) is 5.41. The topological polar surface area (TPSA) is 81.2 Å². The van der Waals surface area contributed by atoms with Crippen molar-refractivity contribution in [3.8, 4) is 0 Å². The lowest BCUT2D eigenvalue weighted by Crippen LogP contribution is -2.36. The molecule has 5 atom stereocenters. The molecule has 3 aliphatic rings. The third-order valence-electron chi connectivity index (χ3n) is 6.85. The second kappa shape index (κ2) is 7.22. The minimum atomic E-state index is -0.470. The Bertz CT molecular complexity index is 941. The van der Waals surface area contributed by atoms with Crippen LogP contribution in [0, 0.1) is 23.7 Å². The van der Waals surface area contributed by atoms with Gasteiger partial charge in [-0.2, -0.15) is 0 Å². The lowest BCUT2D eigenvalue weighted by molar-refractivity contribution is -0.146. The zero-order valence-electron chi connectivity index (χ0n) is 16.4. The number of aromatic amines is 1. The average Bonchev–Trinajstić information content (AvgIpc) is 3.13. The van der Waals surface area contributed by atoms with Gasteiger partial charge in [0.05, 0.1) is 5.92 Å². The number of aromatic nitrogens is 2. The van der Waals surface area contributed by atoms with E-state index in [1.165, 1.54) is 10.1 Å². The van der Waals surface area contributed by atoms with E-state index >= 15 is 0 Å². The Morgan fingerprint density at radius 3 is 2.68 bits per heavy atom. The molecule has 2 saturated carbocycles. The van der Waals surface area contributed by atoms with Crippen molar-refractivity contribution in [3.63, 3.8) is 0 Å². The molecule has 3 fully saturated rings. The van der Waals surface area contributed by atoms with E-state index < -0.39 is 5.69 Å². The third kappa shape index (κ3) is 3.09. The van der Waals surface area contributed by atoms with Gasteiger partial charge in [-0.3, -0.25) is 19.1 Å². The predicted octanol–water partition coefficient (Wildman–Crippen LogP) is 2.58. The summed E-state index contributed by atoms with van der Waals surface area (Å²) in [5.74, 6) is -0.0837. The Kier molecular flexibility index (Phi) is 4.89. The minimum Gasteiger partial charge on any atom is -0.461 e. The highest BCUT2D eigenvalue weighted by molar-refractivity contribution is 5.75.